The minimum absolute atomic E-state index is 0. The molecule has 0 radical (unpaired) electrons. The molecule has 0 aromatic heterocycles. The van der Waals surface area contributed by atoms with Crippen LogP contribution in [0.25, 0.3) is 0 Å². The summed E-state index contributed by atoms with van der Waals surface area (Å²) in [5, 5.41) is 4.23. The zero-order chi connectivity index (χ0) is 22.9. The van der Waals surface area contributed by atoms with Crippen molar-refractivity contribution in [3.63, 3.8) is 0 Å². The van der Waals surface area contributed by atoms with Gasteiger partial charge in [0.25, 0.3) is 0 Å². The molecule has 0 aliphatic heterocycles. The highest BCUT2D eigenvalue weighted by atomic mass is 79.9. The predicted molar refractivity (Wildman–Crippen MR) is 144 cm³/mol. The first kappa shape index (κ1) is 26.2. The summed E-state index contributed by atoms with van der Waals surface area (Å²) in [4.78, 5) is 2.19. The second-order valence-corrected chi connectivity index (χ2v) is 12.1. The number of hydrogen-bond acceptors (Lipinski definition) is 2. The lowest BCUT2D eigenvalue weighted by atomic mass is 10.2. The number of ether oxygens (including phenoxy) is 1. The zero-order valence-corrected chi connectivity index (χ0v) is 22.5. The highest BCUT2D eigenvalue weighted by Crippen LogP contribution is 2.58. The molecule has 0 saturated carbocycles. The van der Waals surface area contributed by atoms with E-state index in [-0.39, 0.29) is 17.0 Å². The molecule has 0 saturated heterocycles. The lowest BCUT2D eigenvalue weighted by Crippen LogP contribution is -3.00. The summed E-state index contributed by atoms with van der Waals surface area (Å²) in [5.74, 6) is 0.945. The van der Waals surface area contributed by atoms with Gasteiger partial charge in [-0.25, -0.2) is 0 Å². The van der Waals surface area contributed by atoms with Crippen LogP contribution in [0, 0.1) is 0 Å². The SMILES string of the molecule is CN(C)CCCOc1ccc(C[P+](c2ccccc2)(c2ccccc2)c2ccccc2)cc1.[Br-]. The molecule has 176 valence electrons. The van der Waals surface area contributed by atoms with E-state index >= 15 is 0 Å². The Morgan fingerprint density at radius 2 is 1.06 bits per heavy atom. The van der Waals surface area contributed by atoms with Crippen LogP contribution in [0.1, 0.15) is 12.0 Å². The third-order valence-corrected chi connectivity index (χ3v) is 10.3. The van der Waals surface area contributed by atoms with Gasteiger partial charge in [0, 0.05) is 6.54 Å². The molecule has 2 nitrogen and oxygen atoms in total. The fraction of sp³-hybridized carbons (Fsp3) is 0.200. The normalized spacial score (nSPS) is 11.1. The minimum atomic E-state index is -1.87. The van der Waals surface area contributed by atoms with Gasteiger partial charge >= 0.3 is 0 Å². The van der Waals surface area contributed by atoms with Gasteiger partial charge in [0.05, 0.1) is 12.8 Å². The van der Waals surface area contributed by atoms with Crippen molar-refractivity contribution < 1.29 is 21.7 Å². The number of halogens is 1. The minimum Gasteiger partial charge on any atom is -1.00 e. The summed E-state index contributed by atoms with van der Waals surface area (Å²) >= 11 is 0. The molecule has 4 aromatic carbocycles. The fourth-order valence-corrected chi connectivity index (χ4v) is 8.55. The second-order valence-electron chi connectivity index (χ2n) is 8.62. The number of rotatable bonds is 10. The van der Waals surface area contributed by atoms with Crippen LogP contribution in [0.5, 0.6) is 5.75 Å². The first-order chi connectivity index (χ1) is 16.2. The van der Waals surface area contributed by atoms with E-state index in [2.05, 4.69) is 134 Å². The third-order valence-electron chi connectivity index (χ3n) is 5.95. The van der Waals surface area contributed by atoms with Crippen LogP contribution >= 0.6 is 7.26 Å². The smallest absolute Gasteiger partial charge is 0.119 e. The molecular weight excluding hydrogens is 501 g/mol. The van der Waals surface area contributed by atoms with Gasteiger partial charge in [-0.15, -0.1) is 0 Å². The Morgan fingerprint density at radius 1 is 0.618 bits per heavy atom. The van der Waals surface area contributed by atoms with Gasteiger partial charge in [0.15, 0.2) is 0 Å². The first-order valence-electron chi connectivity index (χ1n) is 11.6. The van der Waals surface area contributed by atoms with E-state index in [1.807, 2.05) is 0 Å². The maximum absolute atomic E-state index is 5.98. The lowest BCUT2D eigenvalue weighted by molar-refractivity contribution is -0.00000708. The van der Waals surface area contributed by atoms with Crippen molar-refractivity contribution in [1.82, 2.24) is 4.90 Å². The Labute approximate surface area is 215 Å². The van der Waals surface area contributed by atoms with Crippen LogP contribution in [0.4, 0.5) is 0 Å². The van der Waals surface area contributed by atoms with Gasteiger partial charge in [-0.1, -0.05) is 66.7 Å². The van der Waals surface area contributed by atoms with E-state index in [9.17, 15) is 0 Å². The first-order valence-corrected chi connectivity index (χ1v) is 13.6. The number of benzene rings is 4. The van der Waals surface area contributed by atoms with E-state index in [1.54, 1.807) is 0 Å². The molecule has 0 aliphatic rings. The molecule has 0 spiro atoms. The summed E-state index contributed by atoms with van der Waals surface area (Å²) in [6.07, 6.45) is 2.01. The molecule has 0 aliphatic carbocycles. The van der Waals surface area contributed by atoms with Gasteiger partial charge in [-0.05, 0) is 74.6 Å². The molecule has 4 heteroatoms. The van der Waals surface area contributed by atoms with Crippen molar-refractivity contribution in [2.45, 2.75) is 12.6 Å². The van der Waals surface area contributed by atoms with Crippen LogP contribution in [0.3, 0.4) is 0 Å². The summed E-state index contributed by atoms with van der Waals surface area (Å²) in [5.41, 5.74) is 1.33. The molecule has 0 fully saturated rings. The highest BCUT2D eigenvalue weighted by Gasteiger charge is 2.45. The maximum atomic E-state index is 5.98. The highest BCUT2D eigenvalue weighted by molar-refractivity contribution is 7.95. The zero-order valence-electron chi connectivity index (χ0n) is 20.0. The van der Waals surface area contributed by atoms with Crippen LogP contribution < -0.4 is 37.6 Å². The molecule has 0 N–H and O–H groups in total. The standard InChI is InChI=1S/C30H33NOP.BrH/c1-31(2)23-12-24-32-27-21-19-26(20-22-27)25-33(28-13-6-3-7-14-28,29-15-8-4-9-16-29)30-17-10-5-11-18-30;/h3-11,13-22H,12,23-25H2,1-2H3;1H/q+1;/p-1. The van der Waals surface area contributed by atoms with E-state index in [0.29, 0.717) is 0 Å². The van der Waals surface area contributed by atoms with Crippen molar-refractivity contribution in [1.29, 1.82) is 0 Å². The van der Waals surface area contributed by atoms with Gasteiger partial charge in [-0.2, -0.15) is 0 Å². The summed E-state index contributed by atoms with van der Waals surface area (Å²) in [6.45, 7) is 1.78. The van der Waals surface area contributed by atoms with E-state index in [1.165, 1.54) is 21.5 Å². The average molecular weight is 534 g/mol. The van der Waals surface area contributed by atoms with Crippen molar-refractivity contribution >= 4 is 23.2 Å². The average Bonchev–Trinajstić information content (AvgIpc) is 2.87. The summed E-state index contributed by atoms with van der Waals surface area (Å²) < 4.78 is 5.98. The van der Waals surface area contributed by atoms with Crippen molar-refractivity contribution in [3.05, 3.63) is 121 Å². The Bertz CT molecular complexity index is 1010. The van der Waals surface area contributed by atoms with Crippen LogP contribution in [-0.4, -0.2) is 32.1 Å². The molecule has 0 atom stereocenters. The van der Waals surface area contributed by atoms with Crippen LogP contribution in [-0.2, 0) is 6.16 Å². The van der Waals surface area contributed by atoms with Gasteiger partial charge < -0.3 is 26.6 Å². The van der Waals surface area contributed by atoms with Crippen molar-refractivity contribution in [2.24, 2.45) is 0 Å². The van der Waals surface area contributed by atoms with Gasteiger partial charge in [0.2, 0.25) is 0 Å². The van der Waals surface area contributed by atoms with Gasteiger partial charge in [-0.3, -0.25) is 0 Å². The maximum Gasteiger partial charge on any atom is 0.119 e. The van der Waals surface area contributed by atoms with Crippen LogP contribution in [0.2, 0.25) is 0 Å². The van der Waals surface area contributed by atoms with E-state index < -0.39 is 7.26 Å². The summed E-state index contributed by atoms with van der Waals surface area (Å²) in [7, 11) is 2.31. The molecule has 4 rings (SSSR count). The van der Waals surface area contributed by atoms with Crippen molar-refractivity contribution in [2.75, 3.05) is 27.2 Å². The monoisotopic (exact) mass is 533 g/mol. The largest absolute Gasteiger partial charge is 1.00 e. The molecule has 0 heterocycles. The molecular formula is C30H33BrNOP. The second kappa shape index (κ2) is 12.9. The molecule has 4 aromatic rings. The molecule has 0 unspecified atom stereocenters. The molecule has 0 amide bonds. The van der Waals surface area contributed by atoms with Gasteiger partial charge in [0.1, 0.15) is 28.9 Å². The summed E-state index contributed by atoms with van der Waals surface area (Å²) in [6, 6.07) is 41.9. The van der Waals surface area contributed by atoms with E-state index in [0.717, 1.165) is 31.5 Å². The number of hydrogen-bond donors (Lipinski definition) is 0. The Hall–Kier alpha value is -2.45. The topological polar surface area (TPSA) is 12.5 Å². The fourth-order valence-electron chi connectivity index (χ4n) is 4.30. The molecule has 34 heavy (non-hydrogen) atoms. The quantitative estimate of drug-likeness (QED) is 0.229. The lowest BCUT2D eigenvalue weighted by Gasteiger charge is -2.28. The number of nitrogens with zero attached hydrogens (tertiary/aromatic N) is 1. The predicted octanol–water partition coefficient (Wildman–Crippen LogP) is 2.52. The van der Waals surface area contributed by atoms with E-state index in [4.69, 9.17) is 4.74 Å². The Balaban J connectivity index is 0.00000324. The Morgan fingerprint density at radius 3 is 1.47 bits per heavy atom. The third kappa shape index (κ3) is 6.36. The Kier molecular flexibility index (Phi) is 9.89. The van der Waals surface area contributed by atoms with Crippen LogP contribution in [0.15, 0.2) is 115 Å². The molecule has 0 bridgehead atoms. The van der Waals surface area contributed by atoms with Crippen molar-refractivity contribution in [3.8, 4) is 5.75 Å².